The van der Waals surface area contributed by atoms with Crippen LogP contribution in [-0.4, -0.2) is 39.7 Å². The molecule has 172 valence electrons. The maximum absolute atomic E-state index is 14.1. The van der Waals surface area contributed by atoms with Crippen molar-refractivity contribution >= 4 is 28.5 Å². The number of fused-ring (bicyclic) bond motifs is 1. The number of pyridine rings is 1. The molecular weight excluding hydrogens is 427 g/mol. The molecule has 10 heteroatoms. The molecule has 1 aromatic carbocycles. The lowest BCUT2D eigenvalue weighted by atomic mass is 10.0. The summed E-state index contributed by atoms with van der Waals surface area (Å²) in [5.74, 6) is -0.526. The van der Waals surface area contributed by atoms with Crippen LogP contribution in [0.3, 0.4) is 0 Å². The van der Waals surface area contributed by atoms with Gasteiger partial charge in [-0.15, -0.1) is 0 Å². The van der Waals surface area contributed by atoms with E-state index in [4.69, 9.17) is 15.2 Å². The SMILES string of the molecule is CC(C)OC(=O)c1c(OC(C)C)c(CCNc2ncnc(N)c2C#N)nc2ccc(F)cc12. The number of aromatic nitrogens is 3. The Labute approximate surface area is 190 Å². The minimum atomic E-state index is -0.622. The molecule has 0 amide bonds. The van der Waals surface area contributed by atoms with Crippen LogP contribution in [-0.2, 0) is 11.2 Å². The molecule has 0 unspecified atom stereocenters. The highest BCUT2D eigenvalue weighted by Crippen LogP contribution is 2.33. The molecule has 0 bridgehead atoms. The molecule has 9 nitrogen and oxygen atoms in total. The summed E-state index contributed by atoms with van der Waals surface area (Å²) in [4.78, 5) is 25.5. The van der Waals surface area contributed by atoms with Gasteiger partial charge in [0.25, 0.3) is 0 Å². The van der Waals surface area contributed by atoms with E-state index in [2.05, 4.69) is 20.3 Å². The van der Waals surface area contributed by atoms with Crippen molar-refractivity contribution in [2.45, 2.75) is 46.3 Å². The Morgan fingerprint density at radius 3 is 2.67 bits per heavy atom. The number of nitriles is 1. The van der Waals surface area contributed by atoms with Crippen molar-refractivity contribution in [1.82, 2.24) is 15.0 Å². The highest BCUT2D eigenvalue weighted by molar-refractivity contribution is 6.06. The third kappa shape index (κ3) is 5.44. The zero-order chi connectivity index (χ0) is 24.1. The second-order valence-electron chi connectivity index (χ2n) is 7.82. The molecular formula is C23H25FN6O3. The molecule has 3 N–H and O–H groups in total. The molecule has 2 heterocycles. The number of anilines is 2. The zero-order valence-corrected chi connectivity index (χ0v) is 18.8. The van der Waals surface area contributed by atoms with Gasteiger partial charge in [0.05, 0.1) is 23.4 Å². The number of carbonyl (C=O) groups is 1. The first-order chi connectivity index (χ1) is 15.7. The Hall–Kier alpha value is -4.00. The Morgan fingerprint density at radius 2 is 2.00 bits per heavy atom. The maximum atomic E-state index is 14.1. The van der Waals surface area contributed by atoms with Gasteiger partial charge in [-0.05, 0) is 45.9 Å². The summed E-state index contributed by atoms with van der Waals surface area (Å²) < 4.78 is 25.5. The number of hydrogen-bond acceptors (Lipinski definition) is 9. The minimum Gasteiger partial charge on any atom is -0.488 e. The predicted octanol–water partition coefficient (Wildman–Crippen LogP) is 3.62. The second kappa shape index (κ2) is 10.1. The third-order valence-electron chi connectivity index (χ3n) is 4.52. The number of esters is 1. The van der Waals surface area contributed by atoms with Crippen molar-refractivity contribution in [2.24, 2.45) is 0 Å². The van der Waals surface area contributed by atoms with Crippen LogP contribution < -0.4 is 15.8 Å². The van der Waals surface area contributed by atoms with E-state index < -0.39 is 11.8 Å². The molecule has 3 aromatic rings. The van der Waals surface area contributed by atoms with Gasteiger partial charge in [0.2, 0.25) is 0 Å². The zero-order valence-electron chi connectivity index (χ0n) is 18.8. The van der Waals surface area contributed by atoms with Gasteiger partial charge >= 0.3 is 5.97 Å². The summed E-state index contributed by atoms with van der Waals surface area (Å²) >= 11 is 0. The molecule has 33 heavy (non-hydrogen) atoms. The number of nitrogen functional groups attached to an aromatic ring is 1. The van der Waals surface area contributed by atoms with Crippen LogP contribution in [0.2, 0.25) is 0 Å². The van der Waals surface area contributed by atoms with E-state index in [-0.39, 0.29) is 34.9 Å². The summed E-state index contributed by atoms with van der Waals surface area (Å²) in [6, 6.07) is 6.00. The molecule has 0 aliphatic carbocycles. The molecule has 0 saturated carbocycles. The number of nitrogens with two attached hydrogens (primary N) is 1. The summed E-state index contributed by atoms with van der Waals surface area (Å²) in [7, 11) is 0. The van der Waals surface area contributed by atoms with Crippen LogP contribution in [0.25, 0.3) is 10.9 Å². The molecule has 0 aliphatic rings. The average Bonchev–Trinajstić information content (AvgIpc) is 2.73. The van der Waals surface area contributed by atoms with Crippen molar-refractivity contribution < 1.29 is 18.7 Å². The number of nitrogens with one attached hydrogen (secondary N) is 1. The Balaban J connectivity index is 2.05. The van der Waals surface area contributed by atoms with Crippen molar-refractivity contribution in [2.75, 3.05) is 17.6 Å². The highest BCUT2D eigenvalue weighted by atomic mass is 19.1. The molecule has 0 spiro atoms. The lowest BCUT2D eigenvalue weighted by Gasteiger charge is -2.20. The number of carbonyl (C=O) groups excluding carboxylic acids is 1. The third-order valence-corrected chi connectivity index (χ3v) is 4.52. The fourth-order valence-electron chi connectivity index (χ4n) is 3.22. The first kappa shape index (κ1) is 23.7. The smallest absolute Gasteiger partial charge is 0.342 e. The van der Waals surface area contributed by atoms with Crippen molar-refractivity contribution in [3.05, 3.63) is 47.2 Å². The number of ether oxygens (including phenoxy) is 2. The van der Waals surface area contributed by atoms with Gasteiger partial charge in [0, 0.05) is 18.4 Å². The van der Waals surface area contributed by atoms with Crippen LogP contribution >= 0.6 is 0 Å². The van der Waals surface area contributed by atoms with Gasteiger partial charge in [-0.2, -0.15) is 5.26 Å². The van der Waals surface area contributed by atoms with Gasteiger partial charge in [-0.1, -0.05) is 0 Å². The first-order valence-electron chi connectivity index (χ1n) is 10.5. The summed E-state index contributed by atoms with van der Waals surface area (Å²) in [5, 5.41) is 12.7. The standard InChI is InChI=1S/C23H25FN6O3/c1-12(2)32-20-18(7-8-27-22-16(10-25)21(26)28-11-29-22)30-17-6-5-14(24)9-15(17)19(20)23(31)33-13(3)4/h5-6,9,11-13H,7-8H2,1-4H3,(H3,26,27,28,29). The Morgan fingerprint density at radius 1 is 1.24 bits per heavy atom. The second-order valence-corrected chi connectivity index (χ2v) is 7.82. The van der Waals surface area contributed by atoms with E-state index in [9.17, 15) is 14.4 Å². The van der Waals surface area contributed by atoms with Crippen LogP contribution in [0.4, 0.5) is 16.0 Å². The van der Waals surface area contributed by atoms with Crippen LogP contribution in [0.15, 0.2) is 24.5 Å². The molecule has 0 aliphatic heterocycles. The van der Waals surface area contributed by atoms with Crippen molar-refractivity contribution in [3.63, 3.8) is 0 Å². The van der Waals surface area contributed by atoms with Crippen LogP contribution in [0.5, 0.6) is 5.75 Å². The maximum Gasteiger partial charge on any atom is 0.342 e. The quantitative estimate of drug-likeness (QED) is 0.491. The Kier molecular flexibility index (Phi) is 7.23. The lowest BCUT2D eigenvalue weighted by Crippen LogP contribution is -2.19. The average molecular weight is 452 g/mol. The highest BCUT2D eigenvalue weighted by Gasteiger charge is 2.25. The van der Waals surface area contributed by atoms with Crippen molar-refractivity contribution in [3.8, 4) is 11.8 Å². The lowest BCUT2D eigenvalue weighted by molar-refractivity contribution is 0.0374. The van der Waals surface area contributed by atoms with E-state index in [0.29, 0.717) is 35.4 Å². The van der Waals surface area contributed by atoms with E-state index in [1.54, 1.807) is 13.8 Å². The van der Waals surface area contributed by atoms with Gasteiger partial charge in [0.15, 0.2) is 5.75 Å². The normalized spacial score (nSPS) is 11.0. The fraction of sp³-hybridized carbons (Fsp3) is 0.348. The summed E-state index contributed by atoms with van der Waals surface area (Å²) in [5.41, 5.74) is 6.91. The molecule has 3 rings (SSSR count). The monoisotopic (exact) mass is 452 g/mol. The summed E-state index contributed by atoms with van der Waals surface area (Å²) in [6.45, 7) is 7.40. The van der Waals surface area contributed by atoms with E-state index >= 15 is 0 Å². The number of rotatable bonds is 8. The van der Waals surface area contributed by atoms with Gasteiger partial charge in [-0.3, -0.25) is 0 Å². The van der Waals surface area contributed by atoms with Gasteiger partial charge in [0.1, 0.15) is 41.0 Å². The molecule has 0 fully saturated rings. The number of benzene rings is 1. The first-order valence-corrected chi connectivity index (χ1v) is 10.5. The van der Waals surface area contributed by atoms with Crippen LogP contribution in [0.1, 0.15) is 49.3 Å². The topological polar surface area (TPSA) is 136 Å². The van der Waals surface area contributed by atoms with Gasteiger partial charge < -0.3 is 20.5 Å². The summed E-state index contributed by atoms with van der Waals surface area (Å²) in [6.07, 6.45) is 0.918. The van der Waals surface area contributed by atoms with E-state index in [1.807, 2.05) is 19.9 Å². The number of hydrogen-bond donors (Lipinski definition) is 2. The largest absolute Gasteiger partial charge is 0.488 e. The minimum absolute atomic E-state index is 0.0726. The Bertz CT molecular complexity index is 1220. The van der Waals surface area contributed by atoms with E-state index in [0.717, 1.165) is 0 Å². The molecule has 0 radical (unpaired) electrons. The fourth-order valence-corrected chi connectivity index (χ4v) is 3.22. The van der Waals surface area contributed by atoms with Crippen molar-refractivity contribution in [1.29, 1.82) is 5.26 Å². The van der Waals surface area contributed by atoms with Gasteiger partial charge in [-0.25, -0.2) is 24.1 Å². The predicted molar refractivity (Wildman–Crippen MR) is 121 cm³/mol. The number of nitrogens with zero attached hydrogens (tertiary/aromatic N) is 4. The molecule has 0 atom stereocenters. The number of halogens is 1. The molecule has 0 saturated heterocycles. The molecule has 2 aromatic heterocycles. The van der Waals surface area contributed by atoms with E-state index in [1.165, 1.54) is 24.5 Å². The van der Waals surface area contributed by atoms with Crippen LogP contribution in [0, 0.1) is 17.1 Å².